The number of carbonyl (C=O) groups is 2. The number of hydrogen-bond acceptors (Lipinski definition) is 7. The minimum absolute atomic E-state index is 0.0493. The molecule has 152 valence electrons. The van der Waals surface area contributed by atoms with Gasteiger partial charge in [0.05, 0.1) is 30.2 Å². The summed E-state index contributed by atoms with van der Waals surface area (Å²) in [7, 11) is 1.86. The van der Waals surface area contributed by atoms with Crippen molar-refractivity contribution in [3.05, 3.63) is 23.2 Å². The molecule has 1 aliphatic heterocycles. The Balaban J connectivity index is 1.41. The van der Waals surface area contributed by atoms with Crippen LogP contribution in [0.3, 0.4) is 0 Å². The van der Waals surface area contributed by atoms with E-state index in [2.05, 4.69) is 30.7 Å². The summed E-state index contributed by atoms with van der Waals surface area (Å²) in [4.78, 5) is 28.6. The predicted octanol–water partition coefficient (Wildman–Crippen LogP) is 0.528. The van der Waals surface area contributed by atoms with Gasteiger partial charge in [0.2, 0.25) is 11.8 Å². The fraction of sp³-hybridized carbons (Fsp3) is 0.556. The van der Waals surface area contributed by atoms with Crippen LogP contribution in [0, 0.1) is 20.8 Å². The van der Waals surface area contributed by atoms with Crippen LogP contribution < -0.4 is 10.6 Å². The van der Waals surface area contributed by atoms with E-state index >= 15 is 0 Å². The van der Waals surface area contributed by atoms with Gasteiger partial charge in [0.1, 0.15) is 5.76 Å². The van der Waals surface area contributed by atoms with E-state index < -0.39 is 0 Å². The molecule has 2 amide bonds. The molecule has 2 aromatic heterocycles. The van der Waals surface area contributed by atoms with E-state index in [1.165, 1.54) is 0 Å². The van der Waals surface area contributed by atoms with Crippen LogP contribution in [0.5, 0.6) is 0 Å². The first kappa shape index (κ1) is 20.0. The highest BCUT2D eigenvalue weighted by molar-refractivity contribution is 5.93. The van der Waals surface area contributed by atoms with Crippen molar-refractivity contribution in [2.75, 3.05) is 49.9 Å². The van der Waals surface area contributed by atoms with Crippen LogP contribution in [0.1, 0.15) is 17.1 Å². The van der Waals surface area contributed by atoms with Gasteiger partial charge in [-0.15, -0.1) is 0 Å². The van der Waals surface area contributed by atoms with Crippen molar-refractivity contribution >= 4 is 23.3 Å². The van der Waals surface area contributed by atoms with Gasteiger partial charge in [0, 0.05) is 39.3 Å². The molecule has 0 unspecified atom stereocenters. The lowest BCUT2D eigenvalue weighted by Gasteiger charge is -2.33. The van der Waals surface area contributed by atoms with Gasteiger partial charge in [0.25, 0.3) is 0 Å². The topological polar surface area (TPSA) is 109 Å². The average molecular weight is 389 g/mol. The Labute approximate surface area is 163 Å². The van der Waals surface area contributed by atoms with E-state index in [0.29, 0.717) is 24.7 Å². The van der Waals surface area contributed by atoms with E-state index in [-0.39, 0.29) is 11.8 Å². The van der Waals surface area contributed by atoms with E-state index in [4.69, 9.17) is 4.52 Å². The summed E-state index contributed by atoms with van der Waals surface area (Å²) < 4.78 is 6.70. The monoisotopic (exact) mass is 389 g/mol. The highest BCUT2D eigenvalue weighted by atomic mass is 16.5. The molecule has 3 heterocycles. The Morgan fingerprint density at radius 3 is 2.07 bits per heavy atom. The Hall–Kier alpha value is -2.72. The summed E-state index contributed by atoms with van der Waals surface area (Å²) in [6.07, 6.45) is 0. The van der Waals surface area contributed by atoms with Crippen LogP contribution in [-0.2, 0) is 16.6 Å². The normalized spacial score (nSPS) is 15.6. The van der Waals surface area contributed by atoms with Crippen LogP contribution >= 0.6 is 0 Å². The SMILES string of the molecule is Cc1cc(NC(=O)CN2CCN(CC(=O)Nc3c(C)nn(C)c3C)CC2)no1. The molecule has 0 aliphatic carbocycles. The molecule has 0 aromatic carbocycles. The van der Waals surface area contributed by atoms with E-state index in [9.17, 15) is 9.59 Å². The Bertz CT molecular complexity index is 849. The van der Waals surface area contributed by atoms with Crippen molar-refractivity contribution in [3.8, 4) is 0 Å². The average Bonchev–Trinajstić information content (AvgIpc) is 3.14. The zero-order valence-electron chi connectivity index (χ0n) is 16.8. The Morgan fingerprint density at radius 1 is 1.04 bits per heavy atom. The number of aromatic nitrogens is 3. The molecule has 1 aliphatic rings. The lowest BCUT2D eigenvalue weighted by Crippen LogP contribution is -2.50. The van der Waals surface area contributed by atoms with Crippen molar-refractivity contribution in [2.45, 2.75) is 20.8 Å². The second-order valence-corrected chi connectivity index (χ2v) is 7.14. The second kappa shape index (κ2) is 8.53. The Kier molecular flexibility index (Phi) is 6.10. The van der Waals surface area contributed by atoms with E-state index in [0.717, 1.165) is 43.3 Å². The van der Waals surface area contributed by atoms with Gasteiger partial charge in [-0.05, 0) is 20.8 Å². The van der Waals surface area contributed by atoms with Crippen LogP contribution in [0.15, 0.2) is 10.6 Å². The van der Waals surface area contributed by atoms with E-state index in [1.807, 2.05) is 20.9 Å². The molecule has 0 radical (unpaired) electrons. The number of hydrogen-bond donors (Lipinski definition) is 2. The number of nitrogens with one attached hydrogen (secondary N) is 2. The van der Waals surface area contributed by atoms with Crippen molar-refractivity contribution in [3.63, 3.8) is 0 Å². The van der Waals surface area contributed by atoms with Crippen LogP contribution in [-0.4, -0.2) is 75.8 Å². The lowest BCUT2D eigenvalue weighted by atomic mass is 10.3. The number of rotatable bonds is 6. The summed E-state index contributed by atoms with van der Waals surface area (Å²) in [5.74, 6) is 0.909. The quantitative estimate of drug-likeness (QED) is 0.742. The summed E-state index contributed by atoms with van der Waals surface area (Å²) in [6.45, 7) is 9.12. The standard InChI is InChI=1S/C18H27N7O3/c1-12-9-15(22-28-12)19-16(26)10-24-5-7-25(8-6-24)11-17(27)20-18-13(2)21-23(4)14(18)3/h9H,5-8,10-11H2,1-4H3,(H,20,27)(H,19,22,26). The highest BCUT2D eigenvalue weighted by Gasteiger charge is 2.22. The second-order valence-electron chi connectivity index (χ2n) is 7.14. The highest BCUT2D eigenvalue weighted by Crippen LogP contribution is 2.18. The minimum atomic E-state index is -0.123. The summed E-state index contributed by atoms with van der Waals surface area (Å²) >= 11 is 0. The molecule has 2 aromatic rings. The molecule has 1 fully saturated rings. The van der Waals surface area contributed by atoms with E-state index in [1.54, 1.807) is 17.7 Å². The van der Waals surface area contributed by atoms with Crippen LogP contribution in [0.2, 0.25) is 0 Å². The molecule has 0 atom stereocenters. The fourth-order valence-electron chi connectivity index (χ4n) is 3.25. The molecule has 0 saturated carbocycles. The number of piperazine rings is 1. The largest absolute Gasteiger partial charge is 0.360 e. The lowest BCUT2D eigenvalue weighted by molar-refractivity contribution is -0.120. The van der Waals surface area contributed by atoms with Gasteiger partial charge in [-0.3, -0.25) is 24.1 Å². The van der Waals surface area contributed by atoms with Crippen molar-refractivity contribution in [1.82, 2.24) is 24.7 Å². The number of aryl methyl sites for hydroxylation is 3. The number of carbonyl (C=O) groups excluding carboxylic acids is 2. The first-order valence-electron chi connectivity index (χ1n) is 9.29. The molecule has 2 N–H and O–H groups in total. The zero-order valence-corrected chi connectivity index (χ0v) is 16.8. The first-order valence-corrected chi connectivity index (χ1v) is 9.29. The maximum atomic E-state index is 12.4. The molecular weight excluding hydrogens is 362 g/mol. The minimum Gasteiger partial charge on any atom is -0.360 e. The third-order valence-corrected chi connectivity index (χ3v) is 4.87. The van der Waals surface area contributed by atoms with Gasteiger partial charge < -0.3 is 15.2 Å². The number of nitrogens with zero attached hydrogens (tertiary/aromatic N) is 5. The first-order chi connectivity index (χ1) is 13.3. The van der Waals surface area contributed by atoms with Crippen LogP contribution in [0.4, 0.5) is 11.5 Å². The molecule has 0 bridgehead atoms. The van der Waals surface area contributed by atoms with Gasteiger partial charge in [-0.2, -0.15) is 5.10 Å². The molecule has 10 nitrogen and oxygen atoms in total. The fourth-order valence-corrected chi connectivity index (χ4v) is 3.25. The summed E-state index contributed by atoms with van der Waals surface area (Å²) in [5, 5.41) is 13.8. The summed E-state index contributed by atoms with van der Waals surface area (Å²) in [6, 6.07) is 1.68. The molecule has 3 rings (SSSR count). The molecular formula is C18H27N7O3. The molecule has 28 heavy (non-hydrogen) atoms. The number of amides is 2. The third kappa shape index (κ3) is 4.96. The van der Waals surface area contributed by atoms with Crippen molar-refractivity contribution in [2.24, 2.45) is 7.05 Å². The van der Waals surface area contributed by atoms with Gasteiger partial charge in [0.15, 0.2) is 5.82 Å². The maximum Gasteiger partial charge on any atom is 0.239 e. The van der Waals surface area contributed by atoms with Gasteiger partial charge in [-0.25, -0.2) is 0 Å². The summed E-state index contributed by atoms with van der Waals surface area (Å²) in [5.41, 5.74) is 2.53. The Morgan fingerprint density at radius 2 is 1.61 bits per heavy atom. The molecule has 1 saturated heterocycles. The van der Waals surface area contributed by atoms with Crippen molar-refractivity contribution < 1.29 is 14.1 Å². The molecule has 0 spiro atoms. The molecule has 10 heteroatoms. The van der Waals surface area contributed by atoms with Gasteiger partial charge >= 0.3 is 0 Å². The van der Waals surface area contributed by atoms with Gasteiger partial charge in [-0.1, -0.05) is 5.16 Å². The van der Waals surface area contributed by atoms with Crippen LogP contribution in [0.25, 0.3) is 0 Å². The predicted molar refractivity (Wildman–Crippen MR) is 104 cm³/mol. The smallest absolute Gasteiger partial charge is 0.239 e. The number of anilines is 2. The maximum absolute atomic E-state index is 12.4. The third-order valence-electron chi connectivity index (χ3n) is 4.87. The zero-order chi connectivity index (χ0) is 20.3. The van der Waals surface area contributed by atoms with Crippen molar-refractivity contribution in [1.29, 1.82) is 0 Å².